The number of nitrogens with zero attached hydrogens (tertiary/aromatic N) is 2. The van der Waals surface area contributed by atoms with Gasteiger partial charge in [-0.3, -0.25) is 4.79 Å². The van der Waals surface area contributed by atoms with Gasteiger partial charge >= 0.3 is 0 Å². The van der Waals surface area contributed by atoms with Crippen molar-refractivity contribution >= 4 is 17.7 Å². The van der Waals surface area contributed by atoms with Crippen LogP contribution >= 0.6 is 11.8 Å². The van der Waals surface area contributed by atoms with Gasteiger partial charge in [0.05, 0.1) is 21.3 Å². The van der Waals surface area contributed by atoms with Gasteiger partial charge in [-0.1, -0.05) is 0 Å². The lowest BCUT2D eigenvalue weighted by molar-refractivity contribution is -0.132. The van der Waals surface area contributed by atoms with Crippen molar-refractivity contribution in [3.05, 3.63) is 17.7 Å². The molecule has 0 saturated carbocycles. The monoisotopic (exact) mass is 354 g/mol. The lowest BCUT2D eigenvalue weighted by Gasteiger charge is -2.36. The molecule has 0 bridgehead atoms. The molecule has 0 N–H and O–H groups in total. The molecule has 1 aliphatic heterocycles. The van der Waals surface area contributed by atoms with Gasteiger partial charge in [0.2, 0.25) is 5.91 Å². The summed E-state index contributed by atoms with van der Waals surface area (Å²) in [6, 6.07) is 3.73. The van der Waals surface area contributed by atoms with Crippen molar-refractivity contribution in [2.75, 3.05) is 54.3 Å². The van der Waals surface area contributed by atoms with Gasteiger partial charge in [-0.2, -0.15) is 0 Å². The fraction of sp³-hybridized carbons (Fsp3) is 0.588. The van der Waals surface area contributed by atoms with E-state index in [1.807, 2.05) is 31.1 Å². The molecule has 1 fully saturated rings. The maximum Gasteiger partial charge on any atom is 0.224 e. The van der Waals surface area contributed by atoms with E-state index < -0.39 is 0 Å². The van der Waals surface area contributed by atoms with E-state index in [2.05, 4.69) is 4.90 Å². The van der Waals surface area contributed by atoms with E-state index in [1.54, 1.807) is 33.1 Å². The number of ether oxygens (including phenoxy) is 3. The molecule has 2 rings (SSSR count). The third-order valence-electron chi connectivity index (χ3n) is 3.99. The first kappa shape index (κ1) is 18.7. The van der Waals surface area contributed by atoms with Crippen LogP contribution in [0.4, 0.5) is 0 Å². The Morgan fingerprint density at radius 2 is 1.75 bits per heavy atom. The molecule has 6 nitrogen and oxygen atoms in total. The molecule has 0 aromatic heterocycles. The highest BCUT2D eigenvalue weighted by molar-refractivity contribution is 7.99. The first-order valence-corrected chi connectivity index (χ1v) is 8.92. The number of hydrogen-bond donors (Lipinski definition) is 0. The minimum absolute atomic E-state index is 0.0824. The van der Waals surface area contributed by atoms with Gasteiger partial charge in [-0.15, -0.1) is 11.8 Å². The second kappa shape index (κ2) is 8.48. The number of carbonyl (C=O) groups is 1. The second-order valence-corrected chi connectivity index (χ2v) is 7.00. The minimum Gasteiger partial charge on any atom is -0.496 e. The summed E-state index contributed by atoms with van der Waals surface area (Å²) in [5.74, 6) is 2.94. The Labute approximate surface area is 148 Å². The number of hydrogen-bond acceptors (Lipinski definition) is 6. The Morgan fingerprint density at radius 3 is 2.33 bits per heavy atom. The summed E-state index contributed by atoms with van der Waals surface area (Å²) in [6.07, 6.45) is 0.574. The number of methoxy groups -OCH3 is 3. The van der Waals surface area contributed by atoms with Crippen molar-refractivity contribution < 1.29 is 19.0 Å². The zero-order valence-electron chi connectivity index (χ0n) is 15.0. The van der Waals surface area contributed by atoms with Crippen molar-refractivity contribution in [1.82, 2.24) is 9.80 Å². The molecule has 1 aromatic carbocycles. The molecule has 1 heterocycles. The van der Waals surface area contributed by atoms with Crippen molar-refractivity contribution in [2.45, 2.75) is 11.8 Å². The number of benzene rings is 1. The van der Waals surface area contributed by atoms with Crippen LogP contribution in [0.25, 0.3) is 0 Å². The van der Waals surface area contributed by atoms with Crippen LogP contribution in [0.5, 0.6) is 17.2 Å². The third kappa shape index (κ3) is 4.08. The van der Waals surface area contributed by atoms with E-state index in [-0.39, 0.29) is 11.3 Å². The van der Waals surface area contributed by atoms with E-state index in [0.29, 0.717) is 30.2 Å². The molecule has 0 radical (unpaired) electrons. The molecule has 0 aliphatic carbocycles. The van der Waals surface area contributed by atoms with Crippen LogP contribution in [0, 0.1) is 0 Å². The van der Waals surface area contributed by atoms with Gasteiger partial charge < -0.3 is 24.0 Å². The number of amides is 1. The van der Waals surface area contributed by atoms with E-state index in [1.165, 1.54) is 0 Å². The number of likely N-dealkylation sites (N-methyl/N-ethyl adjacent to an activating group) is 1. The van der Waals surface area contributed by atoms with Crippen LogP contribution in [-0.2, 0) is 4.79 Å². The summed E-state index contributed by atoms with van der Waals surface area (Å²) in [5, 5.41) is -0.0824. The summed E-state index contributed by atoms with van der Waals surface area (Å²) >= 11 is 1.75. The molecule has 1 atom stereocenters. The highest BCUT2D eigenvalue weighted by Crippen LogP contribution is 2.45. The lowest BCUT2D eigenvalue weighted by Crippen LogP contribution is -2.41. The van der Waals surface area contributed by atoms with Gasteiger partial charge in [0.1, 0.15) is 11.1 Å². The molecule has 1 amide bonds. The largest absolute Gasteiger partial charge is 0.496 e. The average molecular weight is 354 g/mol. The smallest absolute Gasteiger partial charge is 0.224 e. The fourth-order valence-electron chi connectivity index (χ4n) is 2.68. The van der Waals surface area contributed by atoms with Crippen LogP contribution in [0.3, 0.4) is 0 Å². The summed E-state index contributed by atoms with van der Waals surface area (Å²) in [4.78, 5) is 16.5. The zero-order valence-corrected chi connectivity index (χ0v) is 15.8. The quantitative estimate of drug-likeness (QED) is 0.748. The second-order valence-electron chi connectivity index (χ2n) is 5.81. The normalized spacial score (nSPS) is 18.0. The SMILES string of the molecule is COc1cc(OC)c(C2SCCC(=O)N2CCN(C)C)cc1OC. The van der Waals surface area contributed by atoms with E-state index in [9.17, 15) is 4.79 Å². The highest BCUT2D eigenvalue weighted by Gasteiger charge is 2.32. The topological polar surface area (TPSA) is 51.2 Å². The molecule has 7 heteroatoms. The zero-order chi connectivity index (χ0) is 17.7. The van der Waals surface area contributed by atoms with Crippen LogP contribution in [-0.4, -0.2) is 70.0 Å². The highest BCUT2D eigenvalue weighted by atomic mass is 32.2. The van der Waals surface area contributed by atoms with Crippen molar-refractivity contribution in [1.29, 1.82) is 0 Å². The van der Waals surface area contributed by atoms with E-state index in [0.717, 1.165) is 17.9 Å². The molecule has 1 aliphatic rings. The molecular weight excluding hydrogens is 328 g/mol. The number of carbonyl (C=O) groups excluding carboxylic acids is 1. The van der Waals surface area contributed by atoms with Gasteiger partial charge in [-0.05, 0) is 20.2 Å². The van der Waals surface area contributed by atoms with Crippen molar-refractivity contribution in [3.8, 4) is 17.2 Å². The number of rotatable bonds is 7. The van der Waals surface area contributed by atoms with Gasteiger partial charge in [0.15, 0.2) is 11.5 Å². The molecule has 24 heavy (non-hydrogen) atoms. The Hall–Kier alpha value is -1.60. The average Bonchev–Trinajstić information content (AvgIpc) is 2.59. The molecule has 1 unspecified atom stereocenters. The minimum atomic E-state index is -0.0824. The van der Waals surface area contributed by atoms with Gasteiger partial charge in [0, 0.05) is 36.9 Å². The first-order valence-electron chi connectivity index (χ1n) is 7.87. The van der Waals surface area contributed by atoms with Crippen LogP contribution in [0.1, 0.15) is 17.4 Å². The maximum atomic E-state index is 12.5. The van der Waals surface area contributed by atoms with Crippen molar-refractivity contribution in [2.24, 2.45) is 0 Å². The summed E-state index contributed by atoms with van der Waals surface area (Å²) < 4.78 is 16.3. The Kier molecular flexibility index (Phi) is 6.62. The summed E-state index contributed by atoms with van der Waals surface area (Å²) in [6.45, 7) is 1.50. The van der Waals surface area contributed by atoms with E-state index >= 15 is 0 Å². The molecular formula is C17H26N2O4S. The fourth-order valence-corrected chi connectivity index (χ4v) is 3.96. The Balaban J connectivity index is 2.40. The van der Waals surface area contributed by atoms with E-state index in [4.69, 9.17) is 14.2 Å². The lowest BCUT2D eigenvalue weighted by atomic mass is 10.1. The van der Waals surface area contributed by atoms with Crippen LogP contribution < -0.4 is 14.2 Å². The molecule has 134 valence electrons. The first-order chi connectivity index (χ1) is 11.5. The third-order valence-corrected chi connectivity index (χ3v) is 5.25. The standard InChI is InChI=1S/C17H26N2O4S/c1-18(2)7-8-19-16(20)6-9-24-17(19)12-10-14(22-4)15(23-5)11-13(12)21-3/h10-11,17H,6-9H2,1-5H3. The Bertz CT molecular complexity index is 580. The Morgan fingerprint density at radius 1 is 1.12 bits per heavy atom. The summed E-state index contributed by atoms with van der Waals surface area (Å²) in [7, 11) is 8.85. The van der Waals surface area contributed by atoms with Crippen LogP contribution in [0.2, 0.25) is 0 Å². The van der Waals surface area contributed by atoms with Gasteiger partial charge in [-0.25, -0.2) is 0 Å². The van der Waals surface area contributed by atoms with Crippen molar-refractivity contribution in [3.63, 3.8) is 0 Å². The maximum absolute atomic E-state index is 12.5. The molecule has 1 saturated heterocycles. The summed E-state index contributed by atoms with van der Waals surface area (Å²) in [5.41, 5.74) is 0.937. The molecule has 1 aromatic rings. The number of thioether (sulfide) groups is 1. The predicted octanol–water partition coefficient (Wildman–Crippen LogP) is 2.24. The van der Waals surface area contributed by atoms with Crippen LogP contribution in [0.15, 0.2) is 12.1 Å². The molecule has 0 spiro atoms. The predicted molar refractivity (Wildman–Crippen MR) is 96.2 cm³/mol. The van der Waals surface area contributed by atoms with Gasteiger partial charge in [0.25, 0.3) is 0 Å².